The molecule has 0 saturated carbocycles. The maximum Gasteiger partial charge on any atom is 0.315 e. The Morgan fingerprint density at radius 3 is 2.94 bits per heavy atom. The first kappa shape index (κ1) is 13.4. The molecule has 0 aliphatic carbocycles. The molecule has 1 aromatic heterocycles. The standard InChI is InChI=1S/C10H19N5O2/c1-2-6-12-8(16)4-7-13-10-15-14-9(17-10)3-5-11/h2-7,11H2,1H3,(H,12,16)(H,13,15). The molecule has 0 radical (unpaired) electrons. The third-order valence-corrected chi connectivity index (χ3v) is 2.03. The number of aromatic nitrogens is 2. The Hall–Kier alpha value is -1.63. The molecule has 7 nitrogen and oxygen atoms in total. The van der Waals surface area contributed by atoms with Crippen LogP contribution in [0.5, 0.6) is 0 Å². The molecule has 0 aliphatic heterocycles. The average Bonchev–Trinajstić information content (AvgIpc) is 2.75. The Morgan fingerprint density at radius 1 is 1.41 bits per heavy atom. The van der Waals surface area contributed by atoms with E-state index in [4.69, 9.17) is 10.2 Å². The van der Waals surface area contributed by atoms with E-state index in [-0.39, 0.29) is 5.91 Å². The predicted octanol–water partition coefficient (Wildman–Crippen LogP) is -0.101. The van der Waals surface area contributed by atoms with Gasteiger partial charge in [0, 0.05) is 32.5 Å². The van der Waals surface area contributed by atoms with E-state index < -0.39 is 0 Å². The van der Waals surface area contributed by atoms with Crippen LogP contribution in [-0.4, -0.2) is 35.7 Å². The highest BCUT2D eigenvalue weighted by Crippen LogP contribution is 2.05. The fourth-order valence-electron chi connectivity index (χ4n) is 1.19. The largest absolute Gasteiger partial charge is 0.408 e. The first-order valence-electron chi connectivity index (χ1n) is 5.79. The predicted molar refractivity (Wildman–Crippen MR) is 63.5 cm³/mol. The molecule has 1 rings (SSSR count). The van der Waals surface area contributed by atoms with E-state index in [9.17, 15) is 4.79 Å². The van der Waals surface area contributed by atoms with Gasteiger partial charge in [0.2, 0.25) is 11.8 Å². The summed E-state index contributed by atoms with van der Waals surface area (Å²) in [7, 11) is 0. The monoisotopic (exact) mass is 241 g/mol. The van der Waals surface area contributed by atoms with Crippen LogP contribution in [0.1, 0.15) is 25.7 Å². The highest BCUT2D eigenvalue weighted by Gasteiger charge is 2.05. The van der Waals surface area contributed by atoms with Gasteiger partial charge in [0.15, 0.2) is 0 Å². The quantitative estimate of drug-likeness (QED) is 0.587. The van der Waals surface area contributed by atoms with E-state index in [0.29, 0.717) is 44.4 Å². The number of carbonyl (C=O) groups is 1. The van der Waals surface area contributed by atoms with Gasteiger partial charge in [-0.25, -0.2) is 0 Å². The smallest absolute Gasteiger partial charge is 0.315 e. The van der Waals surface area contributed by atoms with E-state index >= 15 is 0 Å². The zero-order valence-electron chi connectivity index (χ0n) is 10.0. The van der Waals surface area contributed by atoms with Gasteiger partial charge in [0.05, 0.1) is 0 Å². The van der Waals surface area contributed by atoms with Gasteiger partial charge in [-0.05, 0) is 6.42 Å². The maximum absolute atomic E-state index is 11.3. The molecule has 0 aromatic carbocycles. The van der Waals surface area contributed by atoms with Gasteiger partial charge < -0.3 is 20.8 Å². The van der Waals surface area contributed by atoms with Crippen molar-refractivity contribution in [2.45, 2.75) is 26.2 Å². The summed E-state index contributed by atoms with van der Waals surface area (Å²) < 4.78 is 5.24. The minimum absolute atomic E-state index is 0.0149. The molecular weight excluding hydrogens is 222 g/mol. The second kappa shape index (κ2) is 7.61. The number of anilines is 1. The van der Waals surface area contributed by atoms with Crippen molar-refractivity contribution in [2.75, 3.05) is 25.0 Å². The molecule has 4 N–H and O–H groups in total. The molecule has 96 valence electrons. The van der Waals surface area contributed by atoms with Crippen molar-refractivity contribution >= 4 is 11.9 Å². The molecule has 1 heterocycles. The van der Waals surface area contributed by atoms with Gasteiger partial charge in [-0.2, -0.15) is 0 Å². The van der Waals surface area contributed by atoms with Crippen LogP contribution in [0.15, 0.2) is 4.42 Å². The van der Waals surface area contributed by atoms with Gasteiger partial charge in [0.25, 0.3) is 0 Å². The van der Waals surface area contributed by atoms with Crippen molar-refractivity contribution in [2.24, 2.45) is 5.73 Å². The summed E-state index contributed by atoms with van der Waals surface area (Å²) in [5.41, 5.74) is 5.36. The van der Waals surface area contributed by atoms with Crippen LogP contribution < -0.4 is 16.4 Å². The first-order valence-corrected chi connectivity index (χ1v) is 5.79. The number of nitrogens with two attached hydrogens (primary N) is 1. The van der Waals surface area contributed by atoms with Crippen LogP contribution in [-0.2, 0) is 11.2 Å². The minimum atomic E-state index is 0.0149. The van der Waals surface area contributed by atoms with Gasteiger partial charge in [0.1, 0.15) is 0 Å². The van der Waals surface area contributed by atoms with Gasteiger partial charge in [-0.15, -0.1) is 5.10 Å². The number of nitrogens with one attached hydrogen (secondary N) is 2. The molecule has 1 aromatic rings. The Labute approximate surface area is 100 Å². The van der Waals surface area contributed by atoms with Gasteiger partial charge >= 0.3 is 6.01 Å². The molecule has 0 fully saturated rings. The van der Waals surface area contributed by atoms with Gasteiger partial charge in [-0.1, -0.05) is 12.0 Å². The zero-order chi connectivity index (χ0) is 12.5. The summed E-state index contributed by atoms with van der Waals surface area (Å²) in [5.74, 6) is 0.520. The SMILES string of the molecule is CCCNC(=O)CCNc1nnc(CCN)o1. The molecule has 17 heavy (non-hydrogen) atoms. The first-order chi connectivity index (χ1) is 8.26. The van der Waals surface area contributed by atoms with Crippen LogP contribution in [0.4, 0.5) is 6.01 Å². The lowest BCUT2D eigenvalue weighted by molar-refractivity contribution is -0.120. The second-order valence-electron chi connectivity index (χ2n) is 3.57. The highest BCUT2D eigenvalue weighted by atomic mass is 16.4. The third-order valence-electron chi connectivity index (χ3n) is 2.03. The molecule has 1 amide bonds. The van der Waals surface area contributed by atoms with Crippen molar-refractivity contribution in [3.63, 3.8) is 0 Å². The number of rotatable bonds is 8. The van der Waals surface area contributed by atoms with E-state index in [1.54, 1.807) is 0 Å². The van der Waals surface area contributed by atoms with Crippen molar-refractivity contribution < 1.29 is 9.21 Å². The van der Waals surface area contributed by atoms with Crippen LogP contribution in [0.2, 0.25) is 0 Å². The summed E-state index contributed by atoms with van der Waals surface area (Å²) in [6.45, 7) is 3.66. The van der Waals surface area contributed by atoms with Gasteiger partial charge in [-0.3, -0.25) is 4.79 Å². The van der Waals surface area contributed by atoms with E-state index in [2.05, 4.69) is 20.8 Å². The molecule has 0 aliphatic rings. The topological polar surface area (TPSA) is 106 Å². The van der Waals surface area contributed by atoms with Crippen LogP contribution >= 0.6 is 0 Å². The number of carbonyl (C=O) groups excluding carboxylic acids is 1. The maximum atomic E-state index is 11.3. The number of hydrogen-bond donors (Lipinski definition) is 3. The number of nitrogens with zero attached hydrogens (tertiary/aromatic N) is 2. The summed E-state index contributed by atoms with van der Waals surface area (Å²) >= 11 is 0. The molecule has 7 heteroatoms. The molecule has 0 spiro atoms. The Morgan fingerprint density at radius 2 is 2.24 bits per heavy atom. The molecule has 0 saturated heterocycles. The lowest BCUT2D eigenvalue weighted by Crippen LogP contribution is -2.25. The van der Waals surface area contributed by atoms with Crippen LogP contribution in [0.25, 0.3) is 0 Å². The van der Waals surface area contributed by atoms with Crippen LogP contribution in [0, 0.1) is 0 Å². The summed E-state index contributed by atoms with van der Waals surface area (Å²) in [4.78, 5) is 11.3. The minimum Gasteiger partial charge on any atom is -0.408 e. The number of amides is 1. The molecule has 0 unspecified atom stereocenters. The van der Waals surface area contributed by atoms with Crippen molar-refractivity contribution in [1.82, 2.24) is 15.5 Å². The zero-order valence-corrected chi connectivity index (χ0v) is 10.0. The van der Waals surface area contributed by atoms with Crippen molar-refractivity contribution in [1.29, 1.82) is 0 Å². The highest BCUT2D eigenvalue weighted by molar-refractivity contribution is 5.76. The fourth-order valence-corrected chi connectivity index (χ4v) is 1.19. The Bertz CT molecular complexity index is 339. The Kier molecular flexibility index (Phi) is 6.02. The molecule has 0 atom stereocenters. The third kappa shape index (κ3) is 5.30. The number of hydrogen-bond acceptors (Lipinski definition) is 6. The summed E-state index contributed by atoms with van der Waals surface area (Å²) in [5, 5.41) is 13.2. The lowest BCUT2D eigenvalue weighted by Gasteiger charge is -2.03. The van der Waals surface area contributed by atoms with E-state index in [1.807, 2.05) is 6.92 Å². The van der Waals surface area contributed by atoms with E-state index in [0.717, 1.165) is 6.42 Å². The lowest BCUT2D eigenvalue weighted by atomic mass is 10.4. The van der Waals surface area contributed by atoms with E-state index in [1.165, 1.54) is 0 Å². The van der Waals surface area contributed by atoms with Crippen molar-refractivity contribution in [3.8, 4) is 0 Å². The Balaban J connectivity index is 2.19. The molecule has 0 bridgehead atoms. The molecular formula is C10H19N5O2. The second-order valence-corrected chi connectivity index (χ2v) is 3.57. The fraction of sp³-hybridized carbons (Fsp3) is 0.700. The van der Waals surface area contributed by atoms with Crippen molar-refractivity contribution in [3.05, 3.63) is 5.89 Å². The van der Waals surface area contributed by atoms with Crippen LogP contribution in [0.3, 0.4) is 0 Å². The average molecular weight is 241 g/mol. The summed E-state index contributed by atoms with van der Waals surface area (Å²) in [6.07, 6.45) is 1.88. The normalized spacial score (nSPS) is 10.2. The summed E-state index contributed by atoms with van der Waals surface area (Å²) in [6, 6.07) is 0.330.